The Morgan fingerprint density at radius 1 is 1.00 bits per heavy atom. The van der Waals surface area contributed by atoms with E-state index in [2.05, 4.69) is 46.4 Å². The van der Waals surface area contributed by atoms with Gasteiger partial charge in [-0.3, -0.25) is 0 Å². The third kappa shape index (κ3) is 4.55. The van der Waals surface area contributed by atoms with Gasteiger partial charge in [0.2, 0.25) is 0 Å². The lowest BCUT2D eigenvalue weighted by Gasteiger charge is -2.27. The van der Waals surface area contributed by atoms with E-state index in [1.807, 2.05) is 0 Å². The second-order valence-corrected chi connectivity index (χ2v) is 7.01. The Labute approximate surface area is 135 Å². The summed E-state index contributed by atoms with van der Waals surface area (Å²) < 4.78 is 0. The molecule has 2 saturated heterocycles. The van der Waals surface area contributed by atoms with E-state index in [0.717, 1.165) is 19.0 Å². The molecule has 0 spiro atoms. The van der Waals surface area contributed by atoms with Crippen molar-refractivity contribution in [1.29, 1.82) is 0 Å². The first kappa shape index (κ1) is 16.0. The van der Waals surface area contributed by atoms with Crippen molar-refractivity contribution in [2.45, 2.75) is 31.6 Å². The van der Waals surface area contributed by atoms with E-state index in [1.54, 1.807) is 5.56 Å². The van der Waals surface area contributed by atoms with Gasteiger partial charge in [-0.2, -0.15) is 0 Å². The Morgan fingerprint density at radius 2 is 1.77 bits per heavy atom. The number of rotatable bonds is 4. The highest BCUT2D eigenvalue weighted by Crippen LogP contribution is 2.27. The van der Waals surface area contributed by atoms with Crippen LogP contribution in [0.4, 0.5) is 0 Å². The van der Waals surface area contributed by atoms with Crippen LogP contribution >= 0.6 is 0 Å². The second kappa shape index (κ2) is 8.09. The van der Waals surface area contributed by atoms with E-state index >= 15 is 0 Å². The summed E-state index contributed by atoms with van der Waals surface area (Å²) in [4.78, 5) is 5.05. The number of hydrogen-bond acceptors (Lipinski definition) is 3. The molecule has 1 aromatic carbocycles. The van der Waals surface area contributed by atoms with Crippen molar-refractivity contribution in [3.8, 4) is 0 Å². The molecule has 1 N–H and O–H groups in total. The maximum absolute atomic E-state index is 3.42. The summed E-state index contributed by atoms with van der Waals surface area (Å²) in [5.41, 5.74) is 3.05. The van der Waals surface area contributed by atoms with Gasteiger partial charge in [0.05, 0.1) is 0 Å². The standard InChI is InChI=1S/C19H31N3/c1-21-12-2-3-18(9-13-21)19-6-4-17(5-7-19)8-14-22-15-10-20-11-16-22/h4-7,18,20H,2-3,8-16H2,1H3. The normalized spacial score (nSPS) is 25.0. The summed E-state index contributed by atoms with van der Waals surface area (Å²) in [6.07, 6.45) is 5.20. The maximum Gasteiger partial charge on any atom is 0.0108 e. The molecule has 122 valence electrons. The molecule has 22 heavy (non-hydrogen) atoms. The largest absolute Gasteiger partial charge is 0.314 e. The molecule has 1 atom stereocenters. The van der Waals surface area contributed by atoms with Crippen molar-refractivity contribution in [3.05, 3.63) is 35.4 Å². The van der Waals surface area contributed by atoms with Gasteiger partial charge in [-0.15, -0.1) is 0 Å². The minimum Gasteiger partial charge on any atom is -0.314 e. The Bertz CT molecular complexity index is 436. The van der Waals surface area contributed by atoms with Crippen LogP contribution in [0.1, 0.15) is 36.3 Å². The minimum absolute atomic E-state index is 0.771. The van der Waals surface area contributed by atoms with Crippen LogP contribution in [0, 0.1) is 0 Å². The van der Waals surface area contributed by atoms with Gasteiger partial charge in [-0.1, -0.05) is 24.3 Å². The van der Waals surface area contributed by atoms with Crippen LogP contribution in [0.25, 0.3) is 0 Å². The number of nitrogens with zero attached hydrogens (tertiary/aromatic N) is 2. The molecule has 0 radical (unpaired) electrons. The molecule has 2 aliphatic heterocycles. The summed E-state index contributed by atoms with van der Waals surface area (Å²) in [5.74, 6) is 0.771. The molecule has 0 amide bonds. The number of piperazine rings is 1. The monoisotopic (exact) mass is 301 g/mol. The van der Waals surface area contributed by atoms with E-state index < -0.39 is 0 Å². The lowest BCUT2D eigenvalue weighted by Crippen LogP contribution is -2.44. The average Bonchev–Trinajstić information content (AvgIpc) is 2.79. The molecule has 1 aromatic rings. The summed E-state index contributed by atoms with van der Waals surface area (Å²) in [6, 6.07) is 9.52. The molecule has 2 heterocycles. The summed E-state index contributed by atoms with van der Waals surface area (Å²) >= 11 is 0. The number of likely N-dealkylation sites (tertiary alicyclic amines) is 1. The predicted octanol–water partition coefficient (Wildman–Crippen LogP) is 2.33. The highest BCUT2D eigenvalue weighted by atomic mass is 15.2. The third-order valence-electron chi connectivity index (χ3n) is 5.33. The van der Waals surface area contributed by atoms with E-state index in [9.17, 15) is 0 Å². The van der Waals surface area contributed by atoms with Crippen molar-refractivity contribution in [1.82, 2.24) is 15.1 Å². The van der Waals surface area contributed by atoms with Crippen molar-refractivity contribution in [2.75, 3.05) is 52.9 Å². The smallest absolute Gasteiger partial charge is 0.0108 e. The quantitative estimate of drug-likeness (QED) is 0.921. The molecule has 0 bridgehead atoms. The van der Waals surface area contributed by atoms with Crippen molar-refractivity contribution in [3.63, 3.8) is 0 Å². The molecule has 3 rings (SSSR count). The van der Waals surface area contributed by atoms with Crippen molar-refractivity contribution >= 4 is 0 Å². The van der Waals surface area contributed by atoms with Gasteiger partial charge < -0.3 is 15.1 Å². The molecule has 0 aromatic heterocycles. The molecule has 2 aliphatic rings. The first-order valence-electron chi connectivity index (χ1n) is 9.02. The van der Waals surface area contributed by atoms with Crippen LogP contribution in [0.2, 0.25) is 0 Å². The minimum atomic E-state index is 0.771. The van der Waals surface area contributed by atoms with Crippen molar-refractivity contribution < 1.29 is 0 Å². The highest BCUT2D eigenvalue weighted by molar-refractivity contribution is 5.26. The summed E-state index contributed by atoms with van der Waals surface area (Å²) in [7, 11) is 2.25. The number of hydrogen-bond donors (Lipinski definition) is 1. The highest BCUT2D eigenvalue weighted by Gasteiger charge is 2.16. The molecule has 3 nitrogen and oxygen atoms in total. The maximum atomic E-state index is 3.42. The number of nitrogens with one attached hydrogen (secondary N) is 1. The van der Waals surface area contributed by atoms with Gasteiger partial charge in [0.25, 0.3) is 0 Å². The van der Waals surface area contributed by atoms with Gasteiger partial charge in [0.15, 0.2) is 0 Å². The van der Waals surface area contributed by atoms with Crippen LogP contribution < -0.4 is 5.32 Å². The Morgan fingerprint density at radius 3 is 2.55 bits per heavy atom. The zero-order chi connectivity index (χ0) is 15.2. The van der Waals surface area contributed by atoms with Gasteiger partial charge in [0, 0.05) is 32.7 Å². The Balaban J connectivity index is 1.51. The van der Waals surface area contributed by atoms with Crippen LogP contribution in [0.3, 0.4) is 0 Å². The van der Waals surface area contributed by atoms with Gasteiger partial charge in [0.1, 0.15) is 0 Å². The average molecular weight is 301 g/mol. The fourth-order valence-electron chi connectivity index (χ4n) is 3.75. The van der Waals surface area contributed by atoms with E-state index in [1.165, 1.54) is 64.0 Å². The zero-order valence-corrected chi connectivity index (χ0v) is 14.1. The topological polar surface area (TPSA) is 18.5 Å². The van der Waals surface area contributed by atoms with Crippen LogP contribution in [0.15, 0.2) is 24.3 Å². The van der Waals surface area contributed by atoms with E-state index in [-0.39, 0.29) is 0 Å². The fourth-order valence-corrected chi connectivity index (χ4v) is 3.75. The molecular formula is C19H31N3. The predicted molar refractivity (Wildman–Crippen MR) is 93.5 cm³/mol. The van der Waals surface area contributed by atoms with Gasteiger partial charge in [-0.05, 0) is 62.9 Å². The first-order valence-corrected chi connectivity index (χ1v) is 9.02. The van der Waals surface area contributed by atoms with Crippen LogP contribution in [0.5, 0.6) is 0 Å². The second-order valence-electron chi connectivity index (χ2n) is 7.01. The summed E-state index contributed by atoms with van der Waals surface area (Å²) in [5, 5.41) is 3.42. The fraction of sp³-hybridized carbons (Fsp3) is 0.684. The lowest BCUT2D eigenvalue weighted by molar-refractivity contribution is 0.244. The van der Waals surface area contributed by atoms with Crippen LogP contribution in [-0.4, -0.2) is 62.7 Å². The lowest BCUT2D eigenvalue weighted by atomic mass is 9.91. The molecule has 2 fully saturated rings. The first-order chi connectivity index (χ1) is 10.8. The van der Waals surface area contributed by atoms with E-state index in [0.29, 0.717) is 0 Å². The molecular weight excluding hydrogens is 270 g/mol. The van der Waals surface area contributed by atoms with E-state index in [4.69, 9.17) is 0 Å². The Kier molecular flexibility index (Phi) is 5.88. The summed E-state index contributed by atoms with van der Waals surface area (Å²) in [6.45, 7) is 8.41. The molecule has 1 unspecified atom stereocenters. The van der Waals surface area contributed by atoms with Gasteiger partial charge >= 0.3 is 0 Å². The van der Waals surface area contributed by atoms with Crippen molar-refractivity contribution in [2.24, 2.45) is 0 Å². The zero-order valence-electron chi connectivity index (χ0n) is 14.1. The molecule has 3 heteroatoms. The third-order valence-corrected chi connectivity index (χ3v) is 5.33. The number of benzene rings is 1. The van der Waals surface area contributed by atoms with Gasteiger partial charge in [-0.25, -0.2) is 0 Å². The van der Waals surface area contributed by atoms with Crippen LogP contribution in [-0.2, 0) is 6.42 Å². The SMILES string of the molecule is CN1CCCC(c2ccc(CCN3CCNCC3)cc2)CC1. The molecule has 0 aliphatic carbocycles. The molecule has 0 saturated carbocycles. The Hall–Kier alpha value is -0.900.